The van der Waals surface area contributed by atoms with Crippen LogP contribution in [0.2, 0.25) is 0 Å². The number of thioether (sulfide) groups is 1. The van der Waals surface area contributed by atoms with E-state index >= 15 is 0 Å². The molecule has 2 aromatic carbocycles. The van der Waals surface area contributed by atoms with Crippen LogP contribution in [0.25, 0.3) is 11.1 Å². The smallest absolute Gasteiger partial charge is 0.276 e. The Morgan fingerprint density at radius 2 is 1.65 bits per heavy atom. The molecule has 2 amide bonds. The van der Waals surface area contributed by atoms with Gasteiger partial charge in [-0.1, -0.05) is 60.3 Å². The van der Waals surface area contributed by atoms with Gasteiger partial charge in [0.1, 0.15) is 0 Å². The zero-order chi connectivity index (χ0) is 14.4. The summed E-state index contributed by atoms with van der Waals surface area (Å²) in [5.41, 5.74) is 7.67. The summed E-state index contributed by atoms with van der Waals surface area (Å²) < 4.78 is 0. The normalized spacial score (nSPS) is 10.0. The minimum atomic E-state index is -0.559. The number of amides is 2. The number of hydrogen-bond donors (Lipinski definition) is 2. The van der Waals surface area contributed by atoms with Gasteiger partial charge < -0.3 is 11.1 Å². The maximum atomic E-state index is 11.8. The summed E-state index contributed by atoms with van der Waals surface area (Å²) in [6.45, 7) is 0. The second kappa shape index (κ2) is 6.77. The van der Waals surface area contributed by atoms with Crippen LogP contribution in [0.5, 0.6) is 0 Å². The Labute approximate surface area is 121 Å². The van der Waals surface area contributed by atoms with Crippen molar-refractivity contribution in [3.05, 3.63) is 54.6 Å². The van der Waals surface area contributed by atoms with E-state index < -0.39 is 5.24 Å². The summed E-state index contributed by atoms with van der Waals surface area (Å²) in [5.74, 6) is -0.240. The number of carbonyl (C=O) groups is 2. The molecule has 0 radical (unpaired) electrons. The Morgan fingerprint density at radius 1 is 1.00 bits per heavy atom. The van der Waals surface area contributed by atoms with Crippen molar-refractivity contribution in [1.82, 2.24) is 0 Å². The Bertz CT molecular complexity index is 614. The Kier molecular flexibility index (Phi) is 4.79. The van der Waals surface area contributed by atoms with Crippen molar-refractivity contribution >= 4 is 28.6 Å². The van der Waals surface area contributed by atoms with Gasteiger partial charge in [0.25, 0.3) is 5.24 Å². The molecule has 0 aliphatic carbocycles. The van der Waals surface area contributed by atoms with E-state index in [1.165, 1.54) is 0 Å². The van der Waals surface area contributed by atoms with Crippen LogP contribution in [-0.4, -0.2) is 16.9 Å². The van der Waals surface area contributed by atoms with Gasteiger partial charge in [-0.15, -0.1) is 0 Å². The van der Waals surface area contributed by atoms with Crippen molar-refractivity contribution in [1.29, 1.82) is 0 Å². The molecular formula is C15H14N2O2S. The molecule has 2 rings (SSSR count). The standard InChI is InChI=1S/C15H14N2O2S/c16-15(19)20-10-14(18)17-13-9-5-4-8-12(13)11-6-2-1-3-7-11/h1-9H,10H2,(H2,16,19)(H,17,18). The highest BCUT2D eigenvalue weighted by atomic mass is 32.2. The molecule has 2 aromatic rings. The van der Waals surface area contributed by atoms with Crippen molar-refractivity contribution in [2.24, 2.45) is 5.73 Å². The van der Waals surface area contributed by atoms with Crippen molar-refractivity contribution in [2.45, 2.75) is 0 Å². The molecule has 0 spiro atoms. The summed E-state index contributed by atoms with van der Waals surface area (Å²) in [4.78, 5) is 22.4. The van der Waals surface area contributed by atoms with Gasteiger partial charge in [0.2, 0.25) is 5.91 Å². The Balaban J connectivity index is 2.17. The number of para-hydroxylation sites is 1. The maximum Gasteiger partial charge on any atom is 0.276 e. The second-order valence-corrected chi connectivity index (χ2v) is 5.05. The quantitative estimate of drug-likeness (QED) is 0.907. The molecule has 0 saturated heterocycles. The van der Waals surface area contributed by atoms with Crippen LogP contribution in [0.3, 0.4) is 0 Å². The van der Waals surface area contributed by atoms with Gasteiger partial charge in [-0.25, -0.2) is 0 Å². The molecular weight excluding hydrogens is 272 g/mol. The van der Waals surface area contributed by atoms with E-state index in [1.807, 2.05) is 54.6 Å². The number of nitrogens with two attached hydrogens (primary N) is 1. The van der Waals surface area contributed by atoms with E-state index in [1.54, 1.807) is 0 Å². The predicted octanol–water partition coefficient (Wildman–Crippen LogP) is 3.10. The van der Waals surface area contributed by atoms with Crippen LogP contribution in [0.15, 0.2) is 54.6 Å². The molecule has 0 aliphatic rings. The lowest BCUT2D eigenvalue weighted by Crippen LogP contribution is -2.17. The zero-order valence-corrected chi connectivity index (χ0v) is 11.5. The number of hydrogen-bond acceptors (Lipinski definition) is 3. The molecule has 20 heavy (non-hydrogen) atoms. The third-order valence-corrected chi connectivity index (χ3v) is 3.32. The largest absolute Gasteiger partial charge is 0.361 e. The van der Waals surface area contributed by atoms with Gasteiger partial charge in [0.05, 0.1) is 5.75 Å². The van der Waals surface area contributed by atoms with Crippen molar-refractivity contribution in [2.75, 3.05) is 11.1 Å². The maximum absolute atomic E-state index is 11.8. The molecule has 5 heteroatoms. The lowest BCUT2D eigenvalue weighted by Gasteiger charge is -2.10. The average Bonchev–Trinajstić information content (AvgIpc) is 2.47. The highest BCUT2D eigenvalue weighted by Crippen LogP contribution is 2.27. The monoisotopic (exact) mass is 286 g/mol. The highest BCUT2D eigenvalue weighted by Gasteiger charge is 2.09. The van der Waals surface area contributed by atoms with Crippen LogP contribution in [0.1, 0.15) is 0 Å². The van der Waals surface area contributed by atoms with E-state index in [0.717, 1.165) is 22.9 Å². The third-order valence-electron chi connectivity index (χ3n) is 2.63. The first-order valence-corrected chi connectivity index (χ1v) is 7.02. The Hall–Kier alpha value is -2.27. The first-order valence-electron chi connectivity index (χ1n) is 6.03. The van der Waals surface area contributed by atoms with Gasteiger partial charge in [0, 0.05) is 11.3 Å². The Morgan fingerprint density at radius 3 is 2.35 bits per heavy atom. The SMILES string of the molecule is NC(=O)SCC(=O)Nc1ccccc1-c1ccccc1. The van der Waals surface area contributed by atoms with Gasteiger partial charge >= 0.3 is 0 Å². The van der Waals surface area contributed by atoms with E-state index in [4.69, 9.17) is 5.73 Å². The molecule has 0 aliphatic heterocycles. The van der Waals surface area contributed by atoms with Crippen LogP contribution < -0.4 is 11.1 Å². The fraction of sp³-hybridized carbons (Fsp3) is 0.0667. The molecule has 0 bridgehead atoms. The predicted molar refractivity (Wildman–Crippen MR) is 82.5 cm³/mol. The topological polar surface area (TPSA) is 72.2 Å². The number of rotatable bonds is 4. The van der Waals surface area contributed by atoms with Gasteiger partial charge in [-0.2, -0.15) is 0 Å². The second-order valence-electron chi connectivity index (χ2n) is 4.07. The summed E-state index contributed by atoms with van der Waals surface area (Å²) in [5, 5.41) is 2.24. The lowest BCUT2D eigenvalue weighted by molar-refractivity contribution is -0.113. The molecule has 0 unspecified atom stereocenters. The molecule has 3 N–H and O–H groups in total. The molecule has 0 heterocycles. The lowest BCUT2D eigenvalue weighted by atomic mass is 10.0. The fourth-order valence-electron chi connectivity index (χ4n) is 1.78. The van der Waals surface area contributed by atoms with Crippen molar-refractivity contribution < 1.29 is 9.59 Å². The number of carbonyl (C=O) groups excluding carboxylic acids is 2. The number of primary amides is 1. The summed E-state index contributed by atoms with van der Waals surface area (Å²) in [6, 6.07) is 17.3. The van der Waals surface area contributed by atoms with E-state index in [-0.39, 0.29) is 11.7 Å². The summed E-state index contributed by atoms with van der Waals surface area (Å²) >= 11 is 0.787. The molecule has 0 aromatic heterocycles. The average molecular weight is 286 g/mol. The molecule has 102 valence electrons. The zero-order valence-electron chi connectivity index (χ0n) is 10.7. The van der Waals surface area contributed by atoms with Crippen LogP contribution >= 0.6 is 11.8 Å². The first-order chi connectivity index (χ1) is 9.66. The minimum Gasteiger partial charge on any atom is -0.361 e. The van der Waals surface area contributed by atoms with E-state index in [2.05, 4.69) is 5.32 Å². The fourth-order valence-corrected chi connectivity index (χ4v) is 2.13. The minimum absolute atomic E-state index is 0.0124. The van der Waals surface area contributed by atoms with Gasteiger partial charge in [-0.3, -0.25) is 9.59 Å². The highest BCUT2D eigenvalue weighted by molar-refractivity contribution is 8.14. The number of nitrogens with one attached hydrogen (secondary N) is 1. The number of benzene rings is 2. The van der Waals surface area contributed by atoms with E-state index in [0.29, 0.717) is 5.69 Å². The molecule has 4 nitrogen and oxygen atoms in total. The third kappa shape index (κ3) is 3.86. The van der Waals surface area contributed by atoms with Crippen LogP contribution in [0.4, 0.5) is 10.5 Å². The van der Waals surface area contributed by atoms with E-state index in [9.17, 15) is 9.59 Å². The van der Waals surface area contributed by atoms with Crippen molar-refractivity contribution in [3.8, 4) is 11.1 Å². The van der Waals surface area contributed by atoms with Crippen LogP contribution in [0, 0.1) is 0 Å². The van der Waals surface area contributed by atoms with Gasteiger partial charge in [-0.05, 0) is 11.6 Å². The van der Waals surface area contributed by atoms with Crippen LogP contribution in [-0.2, 0) is 4.79 Å². The van der Waals surface area contributed by atoms with Crippen molar-refractivity contribution in [3.63, 3.8) is 0 Å². The molecule has 0 fully saturated rings. The van der Waals surface area contributed by atoms with Gasteiger partial charge in [0.15, 0.2) is 0 Å². The number of anilines is 1. The first kappa shape index (κ1) is 14.1. The molecule has 0 saturated carbocycles. The summed E-state index contributed by atoms with van der Waals surface area (Å²) in [6.07, 6.45) is 0. The molecule has 0 atom stereocenters. The summed E-state index contributed by atoms with van der Waals surface area (Å²) in [7, 11) is 0.